The van der Waals surface area contributed by atoms with Crippen LogP contribution in [0.25, 0.3) is 0 Å². The molecule has 0 bridgehead atoms. The molecule has 0 atom stereocenters. The summed E-state index contributed by atoms with van der Waals surface area (Å²) in [6.45, 7) is 6.70. The fraction of sp³-hybridized carbons (Fsp3) is 0.250. The minimum atomic E-state index is -0.542. The summed E-state index contributed by atoms with van der Waals surface area (Å²) < 4.78 is 6.91. The third-order valence-corrected chi connectivity index (χ3v) is 6.05. The maximum atomic E-state index is 12.8. The lowest BCUT2D eigenvalue weighted by atomic mass is 10.0. The summed E-state index contributed by atoms with van der Waals surface area (Å²) in [7, 11) is 0. The third kappa shape index (κ3) is 8.66. The lowest BCUT2D eigenvalue weighted by molar-refractivity contribution is 0.0523. The molecule has 8 nitrogen and oxygen atoms in total. The molecular weight excluding hydrogens is 504 g/mol. The molecule has 0 spiro atoms. The van der Waals surface area contributed by atoms with Crippen LogP contribution in [-0.2, 0) is 30.8 Å². The summed E-state index contributed by atoms with van der Waals surface area (Å²) in [6.07, 6.45) is 5.28. The summed E-state index contributed by atoms with van der Waals surface area (Å²) in [5.41, 5.74) is 4.85. The Labute approximate surface area is 234 Å². The van der Waals surface area contributed by atoms with Crippen molar-refractivity contribution in [2.45, 2.75) is 52.4 Å². The van der Waals surface area contributed by atoms with E-state index in [-0.39, 0.29) is 11.5 Å². The molecule has 0 aliphatic rings. The highest BCUT2D eigenvalue weighted by atomic mass is 16.6. The molecule has 0 aliphatic carbocycles. The van der Waals surface area contributed by atoms with Gasteiger partial charge in [-0.3, -0.25) is 14.6 Å². The molecule has 2 amide bonds. The van der Waals surface area contributed by atoms with Crippen LogP contribution >= 0.6 is 0 Å². The zero-order chi connectivity index (χ0) is 28.5. The minimum absolute atomic E-state index is 0.0302. The predicted molar refractivity (Wildman–Crippen MR) is 154 cm³/mol. The van der Waals surface area contributed by atoms with Crippen LogP contribution in [0.3, 0.4) is 0 Å². The van der Waals surface area contributed by atoms with Crippen LogP contribution in [0.5, 0.6) is 0 Å². The molecule has 2 aromatic heterocycles. The lowest BCUT2D eigenvalue weighted by Gasteiger charge is -2.19. The number of ether oxygens (including phenoxy) is 1. The molecule has 8 heteroatoms. The van der Waals surface area contributed by atoms with E-state index in [1.54, 1.807) is 35.3 Å². The van der Waals surface area contributed by atoms with E-state index in [2.05, 4.69) is 15.6 Å². The van der Waals surface area contributed by atoms with Crippen molar-refractivity contribution in [2.75, 3.05) is 0 Å². The van der Waals surface area contributed by atoms with Gasteiger partial charge in [-0.25, -0.2) is 4.79 Å². The van der Waals surface area contributed by atoms with E-state index < -0.39 is 11.7 Å². The van der Waals surface area contributed by atoms with Gasteiger partial charge in [0.25, 0.3) is 11.5 Å². The predicted octanol–water partition coefficient (Wildman–Crippen LogP) is 4.84. The molecule has 40 heavy (non-hydrogen) atoms. The van der Waals surface area contributed by atoms with Crippen LogP contribution in [0.2, 0.25) is 0 Å². The molecule has 4 rings (SSSR count). The van der Waals surface area contributed by atoms with Gasteiger partial charge in [-0.15, -0.1) is 0 Å². The minimum Gasteiger partial charge on any atom is -0.444 e. The average molecular weight is 539 g/mol. The normalized spacial score (nSPS) is 11.1. The number of nitrogens with zero attached hydrogens (tertiary/aromatic N) is 2. The Morgan fingerprint density at radius 2 is 1.43 bits per heavy atom. The first kappa shape index (κ1) is 28.3. The van der Waals surface area contributed by atoms with Crippen LogP contribution in [0, 0.1) is 0 Å². The van der Waals surface area contributed by atoms with E-state index in [0.29, 0.717) is 31.6 Å². The second-order valence-electron chi connectivity index (χ2n) is 10.6. The number of hydrogen-bond donors (Lipinski definition) is 2. The molecule has 206 valence electrons. The summed E-state index contributed by atoms with van der Waals surface area (Å²) >= 11 is 0. The van der Waals surface area contributed by atoms with E-state index in [0.717, 1.165) is 27.8 Å². The number of carbonyl (C=O) groups excluding carboxylic acids is 2. The van der Waals surface area contributed by atoms with Gasteiger partial charge in [-0.2, -0.15) is 0 Å². The van der Waals surface area contributed by atoms with Crippen molar-refractivity contribution >= 4 is 12.0 Å². The maximum absolute atomic E-state index is 12.8. The molecule has 2 N–H and O–H groups in total. The number of pyridine rings is 2. The molecular formula is C32H34N4O4. The van der Waals surface area contributed by atoms with Gasteiger partial charge < -0.3 is 19.9 Å². The van der Waals surface area contributed by atoms with Gasteiger partial charge in [0.2, 0.25) is 0 Å². The Balaban J connectivity index is 1.27. The lowest BCUT2D eigenvalue weighted by Crippen LogP contribution is -2.32. The topological polar surface area (TPSA) is 102 Å². The number of benzene rings is 2. The zero-order valence-corrected chi connectivity index (χ0v) is 23.0. The zero-order valence-electron chi connectivity index (χ0n) is 23.0. The van der Waals surface area contributed by atoms with Crippen molar-refractivity contribution in [3.05, 3.63) is 135 Å². The van der Waals surface area contributed by atoms with Gasteiger partial charge in [0, 0.05) is 37.7 Å². The smallest absolute Gasteiger partial charge is 0.407 e. The van der Waals surface area contributed by atoms with Crippen LogP contribution in [0.4, 0.5) is 4.79 Å². The van der Waals surface area contributed by atoms with E-state index >= 15 is 0 Å². The highest BCUT2D eigenvalue weighted by Crippen LogP contribution is 2.13. The van der Waals surface area contributed by atoms with E-state index in [1.807, 2.05) is 81.4 Å². The Morgan fingerprint density at radius 1 is 0.800 bits per heavy atom. The van der Waals surface area contributed by atoms with Gasteiger partial charge >= 0.3 is 6.09 Å². The first-order valence-corrected chi connectivity index (χ1v) is 13.1. The van der Waals surface area contributed by atoms with Crippen LogP contribution < -0.4 is 16.2 Å². The standard InChI is InChI=1S/C32H34N4O4/c1-32(2,3)40-31(39)35-20-25-11-9-24(10-12-25)19-34-30(38)28-17-27(18-33-21-28)16-23-7-13-26(14-8-23)22-36-15-5-4-6-29(36)37/h4-15,17-18,21H,16,19-20,22H2,1-3H3,(H,34,38)(H,35,39). The number of alkyl carbamates (subject to hydrolysis) is 1. The maximum Gasteiger partial charge on any atom is 0.407 e. The van der Waals surface area contributed by atoms with Crippen molar-refractivity contribution in [2.24, 2.45) is 0 Å². The Bertz CT molecular complexity index is 1500. The Kier molecular flexibility index (Phi) is 9.11. The van der Waals surface area contributed by atoms with Gasteiger partial charge in [-0.1, -0.05) is 54.6 Å². The first-order chi connectivity index (χ1) is 19.1. The Hall–Kier alpha value is -4.72. The van der Waals surface area contributed by atoms with Crippen molar-refractivity contribution in [1.29, 1.82) is 0 Å². The fourth-order valence-corrected chi connectivity index (χ4v) is 4.04. The molecule has 4 aromatic rings. The summed E-state index contributed by atoms with van der Waals surface area (Å²) in [5.74, 6) is -0.200. The molecule has 0 radical (unpaired) electrons. The largest absolute Gasteiger partial charge is 0.444 e. The summed E-state index contributed by atoms with van der Waals surface area (Å²) in [6, 6.07) is 22.7. The van der Waals surface area contributed by atoms with Gasteiger partial charge in [0.15, 0.2) is 0 Å². The van der Waals surface area contributed by atoms with E-state index in [9.17, 15) is 14.4 Å². The van der Waals surface area contributed by atoms with E-state index in [4.69, 9.17) is 4.74 Å². The molecule has 0 aliphatic heterocycles. The van der Waals surface area contributed by atoms with Crippen molar-refractivity contribution < 1.29 is 14.3 Å². The van der Waals surface area contributed by atoms with Crippen LogP contribution in [0.15, 0.2) is 96.2 Å². The van der Waals surface area contributed by atoms with Crippen LogP contribution in [0.1, 0.15) is 58.9 Å². The average Bonchev–Trinajstić information content (AvgIpc) is 2.93. The Morgan fingerprint density at radius 3 is 2.08 bits per heavy atom. The molecule has 0 saturated carbocycles. The molecule has 2 aromatic carbocycles. The van der Waals surface area contributed by atoms with Crippen molar-refractivity contribution in [3.63, 3.8) is 0 Å². The highest BCUT2D eigenvalue weighted by Gasteiger charge is 2.15. The number of nitrogens with one attached hydrogen (secondary N) is 2. The third-order valence-electron chi connectivity index (χ3n) is 6.05. The molecule has 2 heterocycles. The first-order valence-electron chi connectivity index (χ1n) is 13.1. The van der Waals surface area contributed by atoms with Gasteiger partial charge in [0.1, 0.15) is 5.60 Å². The number of hydrogen-bond acceptors (Lipinski definition) is 5. The van der Waals surface area contributed by atoms with Gasteiger partial charge in [-0.05, 0) is 67.1 Å². The SMILES string of the molecule is CC(C)(C)OC(=O)NCc1ccc(CNC(=O)c2cncc(Cc3ccc(Cn4ccccc4=O)cc3)c2)cc1. The van der Waals surface area contributed by atoms with Crippen molar-refractivity contribution in [3.8, 4) is 0 Å². The highest BCUT2D eigenvalue weighted by molar-refractivity contribution is 5.94. The fourth-order valence-electron chi connectivity index (χ4n) is 4.04. The second-order valence-corrected chi connectivity index (χ2v) is 10.6. The summed E-state index contributed by atoms with van der Waals surface area (Å²) in [4.78, 5) is 40.8. The molecule has 0 saturated heterocycles. The van der Waals surface area contributed by atoms with E-state index in [1.165, 1.54) is 0 Å². The summed E-state index contributed by atoms with van der Waals surface area (Å²) in [5, 5.41) is 5.67. The van der Waals surface area contributed by atoms with Gasteiger partial charge in [0.05, 0.1) is 12.1 Å². The number of amides is 2. The molecule has 0 unspecified atom stereocenters. The quantitative estimate of drug-likeness (QED) is 0.318. The monoisotopic (exact) mass is 538 g/mol. The van der Waals surface area contributed by atoms with Crippen LogP contribution in [-0.4, -0.2) is 27.2 Å². The molecule has 0 fully saturated rings. The second kappa shape index (κ2) is 12.9. The van der Waals surface area contributed by atoms with Crippen molar-refractivity contribution in [1.82, 2.24) is 20.2 Å². The number of rotatable bonds is 9. The number of carbonyl (C=O) groups is 2. The number of aromatic nitrogens is 2.